The van der Waals surface area contributed by atoms with Crippen molar-refractivity contribution < 1.29 is 14.5 Å². The zero-order valence-electron chi connectivity index (χ0n) is 15.4. The first-order valence-electron chi connectivity index (χ1n) is 9.08. The largest absolute Gasteiger partial charge is 0.497 e. The highest BCUT2D eigenvalue weighted by atomic mass is 16.6. The molecule has 3 aromatic rings. The van der Waals surface area contributed by atoms with Gasteiger partial charge in [-0.1, -0.05) is 60.7 Å². The minimum absolute atomic E-state index is 0.0305. The third-order valence-electron chi connectivity index (χ3n) is 5.37. The number of nitro groups is 1. The normalized spacial score (nSPS) is 14.1. The highest BCUT2D eigenvalue weighted by Crippen LogP contribution is 2.45. The minimum atomic E-state index is -0.406. The van der Waals surface area contributed by atoms with Gasteiger partial charge >= 0.3 is 0 Å². The molecule has 4 rings (SSSR count). The number of methoxy groups -OCH3 is 1. The zero-order valence-corrected chi connectivity index (χ0v) is 15.4. The number of benzene rings is 3. The van der Waals surface area contributed by atoms with Crippen molar-refractivity contribution in [2.24, 2.45) is 0 Å². The molecule has 0 radical (unpaired) electrons. The molecular weight excluding hydrogens is 354 g/mol. The summed E-state index contributed by atoms with van der Waals surface area (Å²) in [4.78, 5) is 24.2. The Morgan fingerprint density at radius 1 is 0.929 bits per heavy atom. The zero-order chi connectivity index (χ0) is 19.7. The van der Waals surface area contributed by atoms with E-state index >= 15 is 0 Å². The van der Waals surface area contributed by atoms with Gasteiger partial charge in [0.15, 0.2) is 5.78 Å². The van der Waals surface area contributed by atoms with E-state index in [2.05, 4.69) is 0 Å². The average molecular weight is 373 g/mol. The van der Waals surface area contributed by atoms with Gasteiger partial charge < -0.3 is 4.74 Å². The maximum absolute atomic E-state index is 13.0. The molecule has 0 fully saturated rings. The highest BCUT2D eigenvalue weighted by Gasteiger charge is 2.38. The van der Waals surface area contributed by atoms with E-state index in [0.717, 1.165) is 16.7 Å². The molecule has 5 nitrogen and oxygen atoms in total. The molecule has 1 aliphatic rings. The number of nitrogens with zero attached hydrogens (tertiary/aromatic N) is 1. The van der Waals surface area contributed by atoms with E-state index in [4.69, 9.17) is 4.74 Å². The molecule has 0 amide bonds. The quantitative estimate of drug-likeness (QED) is 0.490. The molecule has 28 heavy (non-hydrogen) atoms. The molecule has 0 aromatic heterocycles. The fourth-order valence-corrected chi connectivity index (χ4v) is 4.11. The van der Waals surface area contributed by atoms with Crippen LogP contribution in [-0.4, -0.2) is 24.4 Å². The van der Waals surface area contributed by atoms with E-state index < -0.39 is 5.92 Å². The maximum Gasteiger partial charge on any atom is 0.211 e. The van der Waals surface area contributed by atoms with Crippen molar-refractivity contribution in [1.82, 2.24) is 0 Å². The molecule has 140 valence electrons. The van der Waals surface area contributed by atoms with E-state index in [0.29, 0.717) is 16.9 Å². The predicted octanol–water partition coefficient (Wildman–Crippen LogP) is 4.43. The molecule has 0 heterocycles. The van der Waals surface area contributed by atoms with E-state index in [1.807, 2.05) is 60.7 Å². The van der Waals surface area contributed by atoms with Crippen molar-refractivity contribution >= 4 is 5.78 Å². The van der Waals surface area contributed by atoms with Crippen LogP contribution in [0.15, 0.2) is 72.8 Å². The molecule has 1 unspecified atom stereocenters. The molecule has 1 atom stereocenters. The standard InChI is InChI=1S/C23H19NO4/c1-28-16-12-10-15(11-13-16)21(14-24(26)27)22-17-6-2-4-8-19(17)23(25)20-9-5-3-7-18(20)22/h2-13,21-22H,14H2,1H3. The molecule has 1 aliphatic carbocycles. The predicted molar refractivity (Wildman–Crippen MR) is 106 cm³/mol. The van der Waals surface area contributed by atoms with Gasteiger partial charge in [-0.2, -0.15) is 0 Å². The smallest absolute Gasteiger partial charge is 0.211 e. The van der Waals surface area contributed by atoms with Crippen LogP contribution in [0.3, 0.4) is 0 Å². The lowest BCUT2D eigenvalue weighted by Crippen LogP contribution is -2.27. The van der Waals surface area contributed by atoms with Gasteiger partial charge in [0.2, 0.25) is 6.54 Å². The number of carbonyl (C=O) groups is 1. The molecule has 0 aliphatic heterocycles. The SMILES string of the molecule is COc1ccc(C(C[N+](=O)[O-])C2c3ccccc3C(=O)c3ccccc32)cc1. The van der Waals surface area contributed by atoms with E-state index in [-0.39, 0.29) is 23.2 Å². The Labute approximate surface area is 162 Å². The van der Waals surface area contributed by atoms with Crippen LogP contribution in [0.1, 0.15) is 44.4 Å². The van der Waals surface area contributed by atoms with Crippen LogP contribution in [0, 0.1) is 10.1 Å². The summed E-state index contributed by atoms with van der Waals surface area (Å²) in [5.74, 6) is -0.0135. The fraction of sp³-hybridized carbons (Fsp3) is 0.174. The number of hydrogen-bond donors (Lipinski definition) is 0. The summed E-state index contributed by atoms with van der Waals surface area (Å²) in [6.45, 7) is -0.228. The first kappa shape index (κ1) is 17.9. The molecule has 0 saturated heterocycles. The van der Waals surface area contributed by atoms with Crippen LogP contribution in [0.25, 0.3) is 0 Å². The Morgan fingerprint density at radius 2 is 1.46 bits per heavy atom. The first-order valence-corrected chi connectivity index (χ1v) is 9.08. The van der Waals surface area contributed by atoms with Crippen LogP contribution in [0.2, 0.25) is 0 Å². The molecule has 0 bridgehead atoms. The summed E-state index contributed by atoms with van der Waals surface area (Å²) in [7, 11) is 1.59. The van der Waals surface area contributed by atoms with E-state index in [9.17, 15) is 14.9 Å². The van der Waals surface area contributed by atoms with Gasteiger partial charge in [0, 0.05) is 22.0 Å². The molecule has 0 N–H and O–H groups in total. The lowest BCUT2D eigenvalue weighted by molar-refractivity contribution is -0.483. The van der Waals surface area contributed by atoms with Crippen molar-refractivity contribution in [3.05, 3.63) is 111 Å². The average Bonchev–Trinajstić information content (AvgIpc) is 2.73. The van der Waals surface area contributed by atoms with Crippen molar-refractivity contribution in [2.45, 2.75) is 11.8 Å². The lowest BCUT2D eigenvalue weighted by atomic mass is 9.70. The second-order valence-electron chi connectivity index (χ2n) is 6.88. The molecular formula is C23H19NO4. The first-order chi connectivity index (χ1) is 13.6. The summed E-state index contributed by atoms with van der Waals surface area (Å²) < 4.78 is 5.22. The van der Waals surface area contributed by atoms with Crippen LogP contribution >= 0.6 is 0 Å². The van der Waals surface area contributed by atoms with Crippen LogP contribution in [-0.2, 0) is 0 Å². The summed E-state index contributed by atoms with van der Waals surface area (Å²) in [6.07, 6.45) is 0. The van der Waals surface area contributed by atoms with Crippen molar-refractivity contribution in [1.29, 1.82) is 0 Å². The van der Waals surface area contributed by atoms with E-state index in [1.54, 1.807) is 19.2 Å². The second-order valence-corrected chi connectivity index (χ2v) is 6.88. The number of rotatable bonds is 5. The molecule has 5 heteroatoms. The van der Waals surface area contributed by atoms with Gasteiger partial charge in [-0.05, 0) is 28.8 Å². The van der Waals surface area contributed by atoms with Gasteiger partial charge in [0.25, 0.3) is 0 Å². The van der Waals surface area contributed by atoms with Gasteiger partial charge in [-0.15, -0.1) is 0 Å². The van der Waals surface area contributed by atoms with Gasteiger partial charge in [-0.25, -0.2) is 0 Å². The summed E-state index contributed by atoms with van der Waals surface area (Å²) >= 11 is 0. The summed E-state index contributed by atoms with van der Waals surface area (Å²) in [5.41, 5.74) is 3.77. The molecule has 0 saturated carbocycles. The Hall–Kier alpha value is -3.47. The highest BCUT2D eigenvalue weighted by molar-refractivity contribution is 6.12. The fourth-order valence-electron chi connectivity index (χ4n) is 4.11. The van der Waals surface area contributed by atoms with Crippen molar-refractivity contribution in [3.8, 4) is 5.75 Å². The third-order valence-corrected chi connectivity index (χ3v) is 5.37. The lowest BCUT2D eigenvalue weighted by Gasteiger charge is -2.32. The summed E-state index contributed by atoms with van der Waals surface area (Å²) in [6, 6.07) is 22.2. The van der Waals surface area contributed by atoms with Gasteiger partial charge in [-0.3, -0.25) is 14.9 Å². The monoisotopic (exact) mass is 373 g/mol. The number of ether oxygens (including phenoxy) is 1. The number of carbonyl (C=O) groups excluding carboxylic acids is 1. The second kappa shape index (κ2) is 7.27. The van der Waals surface area contributed by atoms with Gasteiger partial charge in [0.1, 0.15) is 5.75 Å². The Bertz CT molecular complexity index is 993. The minimum Gasteiger partial charge on any atom is -0.497 e. The number of hydrogen-bond acceptors (Lipinski definition) is 4. The Balaban J connectivity index is 1.91. The Morgan fingerprint density at radius 3 is 1.96 bits per heavy atom. The Kier molecular flexibility index (Phi) is 4.65. The number of ketones is 1. The van der Waals surface area contributed by atoms with Crippen molar-refractivity contribution in [2.75, 3.05) is 13.7 Å². The van der Waals surface area contributed by atoms with E-state index in [1.165, 1.54) is 0 Å². The number of fused-ring (bicyclic) bond motifs is 2. The summed E-state index contributed by atoms with van der Waals surface area (Å²) in [5, 5.41) is 11.6. The topological polar surface area (TPSA) is 69.4 Å². The van der Waals surface area contributed by atoms with Gasteiger partial charge in [0.05, 0.1) is 13.0 Å². The molecule has 0 spiro atoms. The maximum atomic E-state index is 13.0. The van der Waals surface area contributed by atoms with Crippen molar-refractivity contribution in [3.63, 3.8) is 0 Å². The van der Waals surface area contributed by atoms with Crippen LogP contribution < -0.4 is 4.74 Å². The third kappa shape index (κ3) is 3.05. The van der Waals surface area contributed by atoms with Crippen LogP contribution in [0.4, 0.5) is 0 Å². The molecule has 3 aromatic carbocycles. The van der Waals surface area contributed by atoms with Crippen LogP contribution in [0.5, 0.6) is 5.75 Å².